The van der Waals surface area contributed by atoms with Gasteiger partial charge in [-0.15, -0.1) is 0 Å². The van der Waals surface area contributed by atoms with Crippen LogP contribution in [0.4, 0.5) is 0 Å². The number of morpholine rings is 1. The van der Waals surface area contributed by atoms with Gasteiger partial charge in [0.25, 0.3) is 0 Å². The molecule has 2 atom stereocenters. The highest BCUT2D eigenvalue weighted by atomic mass is 16.5. The monoisotopic (exact) mass is 340 g/mol. The predicted octanol–water partition coefficient (Wildman–Crippen LogP) is -0.492. The highest BCUT2D eigenvalue weighted by Crippen LogP contribution is 2.05. The van der Waals surface area contributed by atoms with Gasteiger partial charge in [0, 0.05) is 57.9 Å². The molecule has 0 bridgehead atoms. The maximum Gasteiger partial charge on any atom is 0.191 e. The van der Waals surface area contributed by atoms with Crippen molar-refractivity contribution >= 4 is 5.96 Å². The van der Waals surface area contributed by atoms with Gasteiger partial charge in [0.2, 0.25) is 0 Å². The van der Waals surface area contributed by atoms with Gasteiger partial charge in [0.15, 0.2) is 5.96 Å². The molecule has 0 aromatic rings. The van der Waals surface area contributed by atoms with E-state index < -0.39 is 0 Å². The van der Waals surface area contributed by atoms with E-state index in [0.29, 0.717) is 12.1 Å². The van der Waals surface area contributed by atoms with Crippen molar-refractivity contribution in [2.24, 2.45) is 4.99 Å². The van der Waals surface area contributed by atoms with E-state index in [1.165, 1.54) is 0 Å². The van der Waals surface area contributed by atoms with Crippen LogP contribution in [-0.4, -0.2) is 112 Å². The van der Waals surface area contributed by atoms with Gasteiger partial charge < -0.3 is 20.3 Å². The molecular formula is C17H36N6O. The summed E-state index contributed by atoms with van der Waals surface area (Å²) in [4.78, 5) is 12.1. The van der Waals surface area contributed by atoms with Gasteiger partial charge in [0.1, 0.15) is 0 Å². The number of nitrogens with zero attached hydrogens (tertiary/aromatic N) is 4. The summed E-state index contributed by atoms with van der Waals surface area (Å²) in [6.45, 7) is 14.1. The van der Waals surface area contributed by atoms with Gasteiger partial charge in [-0.05, 0) is 27.9 Å². The Kier molecular flexibility index (Phi) is 8.24. The quantitative estimate of drug-likeness (QED) is 0.503. The summed E-state index contributed by atoms with van der Waals surface area (Å²) < 4.78 is 5.43. The van der Waals surface area contributed by atoms with Crippen molar-refractivity contribution in [3.63, 3.8) is 0 Å². The molecule has 0 aromatic carbocycles. The minimum absolute atomic E-state index is 0.452. The molecule has 2 aliphatic rings. The number of nitrogens with one attached hydrogen (secondary N) is 2. The van der Waals surface area contributed by atoms with Gasteiger partial charge in [0.05, 0.1) is 19.8 Å². The number of aliphatic imine (C=N–C) groups is 1. The smallest absolute Gasteiger partial charge is 0.191 e. The van der Waals surface area contributed by atoms with Crippen molar-refractivity contribution in [1.29, 1.82) is 0 Å². The van der Waals surface area contributed by atoms with E-state index >= 15 is 0 Å². The Morgan fingerprint density at radius 1 is 1.17 bits per heavy atom. The molecule has 2 heterocycles. The molecule has 7 heteroatoms. The summed E-state index contributed by atoms with van der Waals surface area (Å²) in [5.41, 5.74) is 0. The fourth-order valence-electron chi connectivity index (χ4n) is 3.24. The zero-order valence-electron chi connectivity index (χ0n) is 15.9. The SMILES string of the molecule is CCNC(=NCC(C)N1CCOCC1)NCC1CN(C)CCN1C. The largest absolute Gasteiger partial charge is 0.379 e. The first-order chi connectivity index (χ1) is 11.6. The lowest BCUT2D eigenvalue weighted by atomic mass is 10.2. The minimum Gasteiger partial charge on any atom is -0.379 e. The van der Waals surface area contributed by atoms with Gasteiger partial charge >= 0.3 is 0 Å². The second-order valence-corrected chi connectivity index (χ2v) is 6.99. The van der Waals surface area contributed by atoms with Crippen molar-refractivity contribution < 1.29 is 4.74 Å². The van der Waals surface area contributed by atoms with Crippen LogP contribution in [0.25, 0.3) is 0 Å². The minimum atomic E-state index is 0.452. The molecule has 0 aromatic heterocycles. The van der Waals surface area contributed by atoms with Crippen LogP contribution in [0, 0.1) is 0 Å². The van der Waals surface area contributed by atoms with E-state index in [-0.39, 0.29) is 0 Å². The molecule has 2 saturated heterocycles. The molecule has 140 valence electrons. The Morgan fingerprint density at radius 2 is 1.92 bits per heavy atom. The first-order valence-corrected chi connectivity index (χ1v) is 9.33. The van der Waals surface area contributed by atoms with E-state index in [2.05, 4.69) is 53.3 Å². The van der Waals surface area contributed by atoms with E-state index in [9.17, 15) is 0 Å². The maximum atomic E-state index is 5.43. The van der Waals surface area contributed by atoms with Crippen LogP contribution in [0.5, 0.6) is 0 Å². The molecule has 0 amide bonds. The Hall–Kier alpha value is -0.890. The molecule has 0 radical (unpaired) electrons. The topological polar surface area (TPSA) is 55.4 Å². The third-order valence-corrected chi connectivity index (χ3v) is 5.01. The lowest BCUT2D eigenvalue weighted by Gasteiger charge is -2.38. The van der Waals surface area contributed by atoms with Crippen LogP contribution in [0.2, 0.25) is 0 Å². The number of hydrogen-bond donors (Lipinski definition) is 2. The first kappa shape index (κ1) is 19.4. The third kappa shape index (κ3) is 6.20. The molecule has 2 unspecified atom stereocenters. The fourth-order valence-corrected chi connectivity index (χ4v) is 3.24. The van der Waals surface area contributed by atoms with Gasteiger partial charge in [-0.2, -0.15) is 0 Å². The molecule has 0 aliphatic carbocycles. The van der Waals surface area contributed by atoms with Crippen LogP contribution in [-0.2, 0) is 4.74 Å². The van der Waals surface area contributed by atoms with E-state index in [1.807, 2.05) is 0 Å². The summed E-state index contributed by atoms with van der Waals surface area (Å²) in [6.07, 6.45) is 0. The maximum absolute atomic E-state index is 5.43. The van der Waals surface area contributed by atoms with Crippen molar-refractivity contribution in [2.75, 3.05) is 79.7 Å². The summed E-state index contributed by atoms with van der Waals surface area (Å²) in [5, 5.41) is 6.90. The van der Waals surface area contributed by atoms with Crippen molar-refractivity contribution in [3.8, 4) is 0 Å². The van der Waals surface area contributed by atoms with Crippen LogP contribution < -0.4 is 10.6 Å². The number of piperazine rings is 1. The zero-order chi connectivity index (χ0) is 17.4. The first-order valence-electron chi connectivity index (χ1n) is 9.33. The van der Waals surface area contributed by atoms with E-state index in [4.69, 9.17) is 9.73 Å². The normalized spacial score (nSPS) is 26.3. The molecular weight excluding hydrogens is 304 g/mol. The summed E-state index contributed by atoms with van der Waals surface area (Å²) >= 11 is 0. The highest BCUT2D eigenvalue weighted by molar-refractivity contribution is 5.79. The molecule has 7 nitrogen and oxygen atoms in total. The summed E-state index contributed by atoms with van der Waals surface area (Å²) in [6, 6.07) is 0.983. The van der Waals surface area contributed by atoms with Crippen LogP contribution in [0.3, 0.4) is 0 Å². The average Bonchev–Trinajstić information content (AvgIpc) is 2.60. The Balaban J connectivity index is 1.81. The Bertz CT molecular complexity index is 385. The van der Waals surface area contributed by atoms with Crippen LogP contribution >= 0.6 is 0 Å². The van der Waals surface area contributed by atoms with Gasteiger partial charge in [-0.25, -0.2) is 0 Å². The summed E-state index contributed by atoms with van der Waals surface area (Å²) in [5.74, 6) is 0.930. The van der Waals surface area contributed by atoms with Crippen LogP contribution in [0.15, 0.2) is 4.99 Å². The standard InChI is InChI=1S/C17H36N6O/c1-5-18-17(19-12-15(2)23-8-10-24-11-9-23)20-13-16-14-21(3)6-7-22(16)4/h15-16H,5-14H2,1-4H3,(H2,18,19,20). The lowest BCUT2D eigenvalue weighted by molar-refractivity contribution is 0.0220. The number of ether oxygens (including phenoxy) is 1. The zero-order valence-corrected chi connectivity index (χ0v) is 15.9. The Morgan fingerprint density at radius 3 is 2.62 bits per heavy atom. The lowest BCUT2D eigenvalue weighted by Crippen LogP contribution is -2.55. The number of hydrogen-bond acceptors (Lipinski definition) is 5. The molecule has 2 rings (SSSR count). The summed E-state index contributed by atoms with van der Waals surface area (Å²) in [7, 11) is 4.41. The second-order valence-electron chi connectivity index (χ2n) is 6.99. The fraction of sp³-hybridized carbons (Fsp3) is 0.941. The van der Waals surface area contributed by atoms with Crippen molar-refractivity contribution in [1.82, 2.24) is 25.3 Å². The highest BCUT2D eigenvalue weighted by Gasteiger charge is 2.22. The third-order valence-electron chi connectivity index (χ3n) is 5.01. The molecule has 0 spiro atoms. The number of rotatable bonds is 6. The van der Waals surface area contributed by atoms with Gasteiger partial charge in [-0.3, -0.25) is 14.8 Å². The number of likely N-dealkylation sites (N-methyl/N-ethyl adjacent to an activating group) is 2. The molecule has 0 saturated carbocycles. The van der Waals surface area contributed by atoms with Crippen molar-refractivity contribution in [3.05, 3.63) is 0 Å². The van der Waals surface area contributed by atoms with E-state index in [1.54, 1.807) is 0 Å². The average molecular weight is 341 g/mol. The number of guanidine groups is 1. The molecule has 24 heavy (non-hydrogen) atoms. The van der Waals surface area contributed by atoms with Gasteiger partial charge in [-0.1, -0.05) is 0 Å². The van der Waals surface area contributed by atoms with Crippen molar-refractivity contribution in [2.45, 2.75) is 25.9 Å². The molecule has 2 aliphatic heterocycles. The van der Waals surface area contributed by atoms with E-state index in [0.717, 1.165) is 71.5 Å². The molecule has 2 N–H and O–H groups in total. The molecule has 2 fully saturated rings. The second kappa shape index (κ2) is 10.2. The predicted molar refractivity (Wildman–Crippen MR) is 99.8 cm³/mol. The Labute approximate surface area is 147 Å². The van der Waals surface area contributed by atoms with Crippen LogP contribution in [0.1, 0.15) is 13.8 Å².